The van der Waals surface area contributed by atoms with Crippen molar-refractivity contribution in [1.29, 1.82) is 0 Å². The Balaban J connectivity index is 1.78. The molecule has 3 rings (SSSR count). The van der Waals surface area contributed by atoms with E-state index in [0.717, 1.165) is 15.2 Å². The first kappa shape index (κ1) is 20.9. The van der Waals surface area contributed by atoms with Crippen molar-refractivity contribution in [2.24, 2.45) is 0 Å². The molecule has 0 atom stereocenters. The monoisotopic (exact) mass is 431 g/mol. The lowest BCUT2D eigenvalue weighted by molar-refractivity contribution is 0.0926. The number of nitrogens with zero attached hydrogens (tertiary/aromatic N) is 1. The highest BCUT2D eigenvalue weighted by atomic mass is 32.1. The van der Waals surface area contributed by atoms with Crippen LogP contribution in [0.15, 0.2) is 29.6 Å². The maximum atomic E-state index is 12.7. The minimum atomic E-state index is -0.829. The van der Waals surface area contributed by atoms with Crippen molar-refractivity contribution in [3.63, 3.8) is 0 Å². The van der Waals surface area contributed by atoms with E-state index in [0.29, 0.717) is 10.6 Å². The van der Waals surface area contributed by atoms with E-state index in [4.69, 9.17) is 4.74 Å². The number of rotatable bonds is 4. The normalized spacial score (nSPS) is 11.3. The highest BCUT2D eigenvalue weighted by Crippen LogP contribution is 2.32. The molecule has 9 heteroatoms. The second-order valence-corrected chi connectivity index (χ2v) is 9.19. The van der Waals surface area contributed by atoms with Gasteiger partial charge in [0.05, 0.1) is 27.4 Å². The number of hydrogen-bond donors (Lipinski definition) is 2. The second-order valence-electron chi connectivity index (χ2n) is 7.24. The number of thiophene rings is 1. The molecule has 0 fully saturated rings. The molecule has 3 amide bonds. The van der Waals surface area contributed by atoms with Gasteiger partial charge in [0.2, 0.25) is 0 Å². The van der Waals surface area contributed by atoms with Gasteiger partial charge in [0, 0.05) is 11.0 Å². The Morgan fingerprint density at radius 3 is 2.59 bits per heavy atom. The lowest BCUT2D eigenvalue weighted by Crippen LogP contribution is -2.31. The average molecular weight is 432 g/mol. The van der Waals surface area contributed by atoms with Crippen molar-refractivity contribution in [3.8, 4) is 0 Å². The summed E-state index contributed by atoms with van der Waals surface area (Å²) in [5.41, 5.74) is 1.33. The summed E-state index contributed by atoms with van der Waals surface area (Å²) in [7, 11) is 0. The molecule has 152 valence electrons. The number of aromatic nitrogens is 1. The minimum Gasteiger partial charge on any atom is -0.450 e. The van der Waals surface area contributed by atoms with E-state index < -0.39 is 12.0 Å². The van der Waals surface area contributed by atoms with Crippen LogP contribution in [-0.2, 0) is 10.2 Å². The summed E-state index contributed by atoms with van der Waals surface area (Å²) in [5, 5.41) is 7.88. The van der Waals surface area contributed by atoms with Crippen LogP contribution in [0.3, 0.4) is 0 Å². The number of carbonyl (C=O) groups excluding carboxylic acids is 3. The van der Waals surface area contributed by atoms with E-state index in [9.17, 15) is 14.4 Å². The molecule has 0 saturated carbocycles. The smallest absolute Gasteiger partial charge is 0.414 e. The summed E-state index contributed by atoms with van der Waals surface area (Å²) < 4.78 is 5.72. The van der Waals surface area contributed by atoms with Crippen LogP contribution in [0.2, 0.25) is 0 Å². The molecule has 0 saturated heterocycles. The Morgan fingerprint density at radius 2 is 1.90 bits per heavy atom. The van der Waals surface area contributed by atoms with Crippen molar-refractivity contribution in [2.45, 2.75) is 33.1 Å². The number of alkyl carbamates (subject to hydrolysis) is 1. The zero-order valence-electron chi connectivity index (χ0n) is 16.5. The molecule has 2 N–H and O–H groups in total. The quantitative estimate of drug-likeness (QED) is 0.619. The van der Waals surface area contributed by atoms with Crippen molar-refractivity contribution in [2.75, 3.05) is 11.9 Å². The van der Waals surface area contributed by atoms with Gasteiger partial charge in [0.1, 0.15) is 5.00 Å². The number of nitrogens with one attached hydrogen (secondary N) is 2. The molecule has 29 heavy (non-hydrogen) atoms. The third-order valence-corrected chi connectivity index (χ3v) is 6.21. The predicted octanol–water partition coefficient (Wildman–Crippen LogP) is 4.79. The number of imide groups is 1. The molecule has 2 heterocycles. The Kier molecular flexibility index (Phi) is 5.99. The summed E-state index contributed by atoms with van der Waals surface area (Å²) in [6.45, 7) is 8.08. The number of fused-ring (bicyclic) bond motifs is 1. The van der Waals surface area contributed by atoms with E-state index in [-0.39, 0.29) is 23.5 Å². The first-order chi connectivity index (χ1) is 13.7. The van der Waals surface area contributed by atoms with Crippen molar-refractivity contribution in [1.82, 2.24) is 10.3 Å². The maximum Gasteiger partial charge on any atom is 0.414 e. The van der Waals surface area contributed by atoms with Gasteiger partial charge in [0.25, 0.3) is 11.8 Å². The number of anilines is 1. The molecule has 1 aromatic carbocycles. The molecular formula is C20H21N3O4S2. The molecule has 0 spiro atoms. The summed E-state index contributed by atoms with van der Waals surface area (Å²) in [6.07, 6.45) is -0.829. The minimum absolute atomic E-state index is 0.0652. The molecule has 3 aromatic rings. The third-order valence-electron chi connectivity index (χ3n) is 3.92. The van der Waals surface area contributed by atoms with Gasteiger partial charge < -0.3 is 10.1 Å². The fourth-order valence-corrected chi connectivity index (χ4v) is 4.26. The fraction of sp³-hybridized carbons (Fsp3) is 0.300. The van der Waals surface area contributed by atoms with Crippen LogP contribution in [0.4, 0.5) is 9.80 Å². The fourth-order valence-electron chi connectivity index (χ4n) is 2.48. The van der Waals surface area contributed by atoms with Crippen molar-refractivity contribution >= 4 is 55.8 Å². The number of amides is 3. The first-order valence-corrected chi connectivity index (χ1v) is 10.7. The summed E-state index contributed by atoms with van der Waals surface area (Å²) in [5.74, 6) is -0.991. The van der Waals surface area contributed by atoms with Gasteiger partial charge in [0.15, 0.2) is 0 Å². The van der Waals surface area contributed by atoms with Gasteiger partial charge in [-0.3, -0.25) is 14.9 Å². The van der Waals surface area contributed by atoms with Gasteiger partial charge in [-0.05, 0) is 36.6 Å². The third kappa shape index (κ3) is 4.80. The highest BCUT2D eigenvalue weighted by Gasteiger charge is 2.21. The molecular weight excluding hydrogens is 410 g/mol. The van der Waals surface area contributed by atoms with Crippen LogP contribution >= 0.6 is 22.7 Å². The first-order valence-electron chi connectivity index (χ1n) is 8.97. The Morgan fingerprint density at radius 1 is 1.14 bits per heavy atom. The average Bonchev–Trinajstić information content (AvgIpc) is 3.27. The molecule has 0 aliphatic carbocycles. The lowest BCUT2D eigenvalue weighted by atomic mass is 9.98. The molecule has 7 nitrogen and oxygen atoms in total. The van der Waals surface area contributed by atoms with Crippen molar-refractivity contribution < 1.29 is 19.1 Å². The van der Waals surface area contributed by atoms with Crippen LogP contribution in [0.5, 0.6) is 0 Å². The van der Waals surface area contributed by atoms with E-state index in [1.54, 1.807) is 35.8 Å². The van der Waals surface area contributed by atoms with Gasteiger partial charge >= 0.3 is 6.09 Å². The largest absolute Gasteiger partial charge is 0.450 e. The zero-order valence-corrected chi connectivity index (χ0v) is 18.1. The van der Waals surface area contributed by atoms with Crippen LogP contribution in [0.25, 0.3) is 10.2 Å². The van der Waals surface area contributed by atoms with Crippen molar-refractivity contribution in [3.05, 3.63) is 45.8 Å². The van der Waals surface area contributed by atoms with Gasteiger partial charge in [-0.2, -0.15) is 0 Å². The molecule has 0 bridgehead atoms. The zero-order chi connectivity index (χ0) is 21.2. The summed E-state index contributed by atoms with van der Waals surface area (Å²) in [4.78, 5) is 41.0. The molecule has 0 aliphatic heterocycles. The number of ether oxygens (including phenoxy) is 1. The highest BCUT2D eigenvalue weighted by molar-refractivity contribution is 7.18. The molecule has 0 unspecified atom stereocenters. The molecule has 0 aliphatic rings. The van der Waals surface area contributed by atoms with E-state index >= 15 is 0 Å². The summed E-state index contributed by atoms with van der Waals surface area (Å²) in [6, 6.07) is 6.88. The summed E-state index contributed by atoms with van der Waals surface area (Å²) >= 11 is 2.80. The number of benzene rings is 1. The second kappa shape index (κ2) is 8.30. The topological polar surface area (TPSA) is 97.4 Å². The van der Waals surface area contributed by atoms with Crippen LogP contribution < -0.4 is 10.6 Å². The van der Waals surface area contributed by atoms with E-state index in [1.807, 2.05) is 6.07 Å². The molecule has 2 aromatic heterocycles. The maximum absolute atomic E-state index is 12.7. The van der Waals surface area contributed by atoms with Crippen LogP contribution in [0, 0.1) is 0 Å². The predicted molar refractivity (Wildman–Crippen MR) is 115 cm³/mol. The SMILES string of the molecule is CCOC(=O)NC(=O)c1ccsc1NC(=O)c1ccc2sc(C(C)(C)C)nc2c1. The van der Waals surface area contributed by atoms with Gasteiger partial charge in [-0.25, -0.2) is 9.78 Å². The standard InChI is InChI=1S/C20H21N3O4S2/c1-5-27-19(26)23-16(25)12-8-9-28-17(12)22-15(24)11-6-7-14-13(10-11)21-18(29-14)20(2,3)4/h6-10H,5H2,1-4H3,(H,22,24)(H,23,25,26). The number of hydrogen-bond acceptors (Lipinski definition) is 7. The van der Waals surface area contributed by atoms with E-state index in [2.05, 4.69) is 36.4 Å². The number of carbonyl (C=O) groups is 3. The lowest BCUT2D eigenvalue weighted by Gasteiger charge is -2.13. The number of thiazole rings is 1. The van der Waals surface area contributed by atoms with Crippen LogP contribution in [-0.4, -0.2) is 29.5 Å². The molecule has 0 radical (unpaired) electrons. The Labute approximate surface area is 176 Å². The van der Waals surface area contributed by atoms with E-state index in [1.165, 1.54) is 17.4 Å². The van der Waals surface area contributed by atoms with Gasteiger partial charge in [-0.15, -0.1) is 22.7 Å². The van der Waals surface area contributed by atoms with Gasteiger partial charge in [-0.1, -0.05) is 20.8 Å². The Hall–Kier alpha value is -2.78. The van der Waals surface area contributed by atoms with Crippen LogP contribution in [0.1, 0.15) is 53.4 Å². The Bertz CT molecular complexity index is 1080.